The number of nitrogens with zero attached hydrogens (tertiary/aromatic N) is 1. The highest BCUT2D eigenvalue weighted by Gasteiger charge is 2.25. The number of hydrogen-bond donors (Lipinski definition) is 1. The van der Waals surface area contributed by atoms with Gasteiger partial charge in [-0.3, -0.25) is 9.59 Å². The fourth-order valence-electron chi connectivity index (χ4n) is 2.99. The van der Waals surface area contributed by atoms with E-state index in [0.29, 0.717) is 31.0 Å². The zero-order valence-corrected chi connectivity index (χ0v) is 19.3. The lowest BCUT2D eigenvalue weighted by Crippen LogP contribution is -2.47. The van der Waals surface area contributed by atoms with Crippen LogP contribution in [0, 0.1) is 0 Å². The Morgan fingerprint density at radius 2 is 1.83 bits per heavy atom. The first-order valence-corrected chi connectivity index (χ1v) is 11.1. The topological polar surface area (TPSA) is 49.4 Å². The summed E-state index contributed by atoms with van der Waals surface area (Å²) in [7, 11) is 0. The number of halogens is 2. The van der Waals surface area contributed by atoms with Crippen LogP contribution in [0.2, 0.25) is 5.02 Å². The van der Waals surface area contributed by atoms with Crippen LogP contribution in [0.1, 0.15) is 44.2 Å². The van der Waals surface area contributed by atoms with Crippen molar-refractivity contribution < 1.29 is 9.59 Å². The Balaban J connectivity index is 2.11. The summed E-state index contributed by atoms with van der Waals surface area (Å²) in [5, 5.41) is 3.59. The average Bonchev–Trinajstić information content (AvgIpc) is 2.72. The molecule has 6 heteroatoms. The van der Waals surface area contributed by atoms with E-state index in [1.54, 1.807) is 11.8 Å². The Hall–Kier alpha value is -1.85. The Morgan fingerprint density at radius 1 is 1.14 bits per heavy atom. The van der Waals surface area contributed by atoms with Crippen LogP contribution in [0.3, 0.4) is 0 Å². The second-order valence-corrected chi connectivity index (χ2v) is 8.38. The number of rotatable bonds is 10. The quantitative estimate of drug-likeness (QED) is 0.466. The van der Waals surface area contributed by atoms with Crippen LogP contribution in [-0.4, -0.2) is 29.3 Å². The molecular formula is C23H28BrClN2O2. The van der Waals surface area contributed by atoms with E-state index in [1.807, 2.05) is 48.5 Å². The van der Waals surface area contributed by atoms with Crippen LogP contribution >= 0.6 is 27.5 Å². The van der Waals surface area contributed by atoms with Crippen molar-refractivity contribution >= 4 is 39.3 Å². The van der Waals surface area contributed by atoms with Crippen LogP contribution in [0.15, 0.2) is 53.0 Å². The highest BCUT2D eigenvalue weighted by atomic mass is 79.9. The van der Waals surface area contributed by atoms with Gasteiger partial charge in [0.15, 0.2) is 0 Å². The van der Waals surface area contributed by atoms with Crippen molar-refractivity contribution in [2.75, 3.05) is 6.54 Å². The molecule has 1 atom stereocenters. The van der Waals surface area contributed by atoms with Gasteiger partial charge in [0.1, 0.15) is 6.04 Å². The highest BCUT2D eigenvalue weighted by molar-refractivity contribution is 9.10. The van der Waals surface area contributed by atoms with Gasteiger partial charge >= 0.3 is 0 Å². The van der Waals surface area contributed by atoms with Crippen LogP contribution in [0.5, 0.6) is 0 Å². The van der Waals surface area contributed by atoms with Crippen LogP contribution < -0.4 is 5.32 Å². The van der Waals surface area contributed by atoms with Crippen molar-refractivity contribution in [3.05, 3.63) is 69.2 Å². The molecule has 2 aromatic carbocycles. The minimum atomic E-state index is -0.547. The molecule has 4 nitrogen and oxygen atoms in total. The predicted molar refractivity (Wildman–Crippen MR) is 122 cm³/mol. The fraction of sp³-hybridized carbons (Fsp3) is 0.391. The molecule has 0 unspecified atom stereocenters. The number of carbonyl (C=O) groups is 2. The lowest BCUT2D eigenvalue weighted by Gasteiger charge is -2.29. The fourth-order valence-corrected chi connectivity index (χ4v) is 3.49. The molecule has 0 radical (unpaired) electrons. The van der Waals surface area contributed by atoms with E-state index in [-0.39, 0.29) is 11.8 Å². The summed E-state index contributed by atoms with van der Waals surface area (Å²) in [6, 6.07) is 14.8. The Labute approximate surface area is 186 Å². The molecule has 0 bridgehead atoms. The molecule has 0 aliphatic carbocycles. The molecule has 2 amide bonds. The number of aryl methyl sites for hydroxylation is 1. The van der Waals surface area contributed by atoms with E-state index < -0.39 is 6.04 Å². The maximum Gasteiger partial charge on any atom is 0.242 e. The van der Waals surface area contributed by atoms with Gasteiger partial charge < -0.3 is 10.2 Å². The largest absolute Gasteiger partial charge is 0.354 e. The molecule has 2 aromatic rings. The molecule has 29 heavy (non-hydrogen) atoms. The zero-order valence-electron chi connectivity index (χ0n) is 17.0. The Kier molecular flexibility index (Phi) is 9.68. The van der Waals surface area contributed by atoms with Gasteiger partial charge in [-0.1, -0.05) is 71.2 Å². The van der Waals surface area contributed by atoms with Crippen molar-refractivity contribution in [3.8, 4) is 0 Å². The lowest BCUT2D eigenvalue weighted by atomic mass is 10.1. The SMILES string of the molecule is CCCCNC(=O)[C@@H](C)N(Cc1ccc(Br)cc1)C(=O)CCc1ccccc1Cl. The summed E-state index contributed by atoms with van der Waals surface area (Å²) in [5.74, 6) is -0.187. The lowest BCUT2D eigenvalue weighted by molar-refractivity contribution is -0.140. The molecule has 156 valence electrons. The average molecular weight is 480 g/mol. The highest BCUT2D eigenvalue weighted by Crippen LogP contribution is 2.19. The number of hydrogen-bond acceptors (Lipinski definition) is 2. The van der Waals surface area contributed by atoms with E-state index in [4.69, 9.17) is 11.6 Å². The van der Waals surface area contributed by atoms with Gasteiger partial charge in [-0.2, -0.15) is 0 Å². The summed E-state index contributed by atoms with van der Waals surface area (Å²) in [6.07, 6.45) is 2.77. The minimum Gasteiger partial charge on any atom is -0.354 e. The molecular weight excluding hydrogens is 452 g/mol. The van der Waals surface area contributed by atoms with Gasteiger partial charge in [-0.05, 0) is 49.1 Å². The number of benzene rings is 2. The maximum absolute atomic E-state index is 13.1. The first-order chi connectivity index (χ1) is 13.9. The Morgan fingerprint density at radius 3 is 2.48 bits per heavy atom. The smallest absolute Gasteiger partial charge is 0.242 e. The van der Waals surface area contributed by atoms with Gasteiger partial charge in [-0.25, -0.2) is 0 Å². The van der Waals surface area contributed by atoms with Crippen LogP contribution in [-0.2, 0) is 22.6 Å². The van der Waals surface area contributed by atoms with E-state index in [0.717, 1.165) is 28.4 Å². The van der Waals surface area contributed by atoms with Crippen molar-refractivity contribution in [2.24, 2.45) is 0 Å². The number of amides is 2. The number of unbranched alkanes of at least 4 members (excludes halogenated alkanes) is 1. The maximum atomic E-state index is 13.1. The van der Waals surface area contributed by atoms with Crippen LogP contribution in [0.25, 0.3) is 0 Å². The Bertz CT molecular complexity index is 811. The molecule has 0 heterocycles. The molecule has 0 spiro atoms. The molecule has 0 aliphatic heterocycles. The summed E-state index contributed by atoms with van der Waals surface area (Å²) < 4.78 is 0.975. The van der Waals surface area contributed by atoms with E-state index in [1.165, 1.54) is 0 Å². The van der Waals surface area contributed by atoms with Gasteiger partial charge in [0.2, 0.25) is 11.8 Å². The molecule has 0 saturated carbocycles. The minimum absolute atomic E-state index is 0.0639. The monoisotopic (exact) mass is 478 g/mol. The third-order valence-electron chi connectivity index (χ3n) is 4.83. The normalized spacial score (nSPS) is 11.7. The van der Waals surface area contributed by atoms with Gasteiger partial charge in [0.05, 0.1) is 0 Å². The zero-order chi connectivity index (χ0) is 21.2. The molecule has 0 aliphatic rings. The van der Waals surface area contributed by atoms with Crippen molar-refractivity contribution in [1.29, 1.82) is 0 Å². The molecule has 0 saturated heterocycles. The first kappa shape index (κ1) is 23.4. The standard InChI is InChI=1S/C23H28BrClN2O2/c1-3-4-15-26-23(29)17(2)27(16-18-9-12-20(24)13-10-18)22(28)14-11-19-7-5-6-8-21(19)25/h5-10,12-13,17H,3-4,11,14-16H2,1-2H3,(H,26,29)/t17-/m1/s1. The van der Waals surface area contributed by atoms with Crippen LogP contribution in [0.4, 0.5) is 0 Å². The summed E-state index contributed by atoms with van der Waals surface area (Å²) >= 11 is 9.65. The second kappa shape index (κ2) is 12.0. The summed E-state index contributed by atoms with van der Waals surface area (Å²) in [6.45, 7) is 4.87. The van der Waals surface area contributed by atoms with Gasteiger partial charge in [-0.15, -0.1) is 0 Å². The summed E-state index contributed by atoms with van der Waals surface area (Å²) in [5.41, 5.74) is 1.92. The molecule has 0 fully saturated rings. The molecule has 0 aromatic heterocycles. The molecule has 2 rings (SSSR count). The third kappa shape index (κ3) is 7.48. The van der Waals surface area contributed by atoms with Gasteiger partial charge in [0.25, 0.3) is 0 Å². The number of carbonyl (C=O) groups excluding carboxylic acids is 2. The first-order valence-electron chi connectivity index (χ1n) is 9.97. The summed E-state index contributed by atoms with van der Waals surface area (Å²) in [4.78, 5) is 27.3. The third-order valence-corrected chi connectivity index (χ3v) is 5.73. The van der Waals surface area contributed by atoms with Crippen molar-refractivity contribution in [2.45, 2.75) is 52.1 Å². The number of nitrogens with one attached hydrogen (secondary N) is 1. The second-order valence-electron chi connectivity index (χ2n) is 7.06. The van der Waals surface area contributed by atoms with Crippen molar-refractivity contribution in [1.82, 2.24) is 10.2 Å². The molecule has 1 N–H and O–H groups in total. The van der Waals surface area contributed by atoms with E-state index in [9.17, 15) is 9.59 Å². The van der Waals surface area contributed by atoms with Gasteiger partial charge in [0, 0.05) is 29.0 Å². The van der Waals surface area contributed by atoms with E-state index in [2.05, 4.69) is 28.2 Å². The van der Waals surface area contributed by atoms with Crippen molar-refractivity contribution in [3.63, 3.8) is 0 Å². The van der Waals surface area contributed by atoms with E-state index >= 15 is 0 Å². The predicted octanol–water partition coefficient (Wildman–Crippen LogP) is 5.37.